The van der Waals surface area contributed by atoms with Crippen molar-refractivity contribution in [2.75, 3.05) is 0 Å². The Labute approximate surface area is 161 Å². The van der Waals surface area contributed by atoms with Gasteiger partial charge in [-0.05, 0) is 48.0 Å². The molecule has 6 heteroatoms. The van der Waals surface area contributed by atoms with Gasteiger partial charge in [0.1, 0.15) is 11.5 Å². The highest BCUT2D eigenvalue weighted by Gasteiger charge is 2.09. The van der Waals surface area contributed by atoms with Gasteiger partial charge in [-0.25, -0.2) is 5.43 Å². The van der Waals surface area contributed by atoms with Crippen LogP contribution in [0.3, 0.4) is 0 Å². The molecule has 0 heterocycles. The molecular weight excluding hydrogens is 371 g/mol. The van der Waals surface area contributed by atoms with Crippen LogP contribution in [-0.2, 0) is 0 Å². The highest BCUT2D eigenvalue weighted by Crippen LogP contribution is 2.22. The minimum atomic E-state index is -0.417. The van der Waals surface area contributed by atoms with Gasteiger partial charge < -0.3 is 4.74 Å². The van der Waals surface area contributed by atoms with Crippen LogP contribution in [0.1, 0.15) is 15.9 Å². The van der Waals surface area contributed by atoms with Gasteiger partial charge in [0.2, 0.25) is 0 Å². The third-order valence-electron chi connectivity index (χ3n) is 3.39. The molecule has 4 nitrogen and oxygen atoms in total. The molecule has 0 aliphatic carbocycles. The molecule has 3 aromatic rings. The molecule has 3 rings (SSSR count). The van der Waals surface area contributed by atoms with Crippen molar-refractivity contribution in [2.45, 2.75) is 0 Å². The molecule has 0 aliphatic heterocycles. The Hall–Kier alpha value is -2.82. The van der Waals surface area contributed by atoms with E-state index in [1.54, 1.807) is 12.1 Å². The maximum Gasteiger partial charge on any atom is 0.272 e. The van der Waals surface area contributed by atoms with E-state index in [0.717, 1.165) is 11.3 Å². The SMILES string of the molecule is O=C(N/N=C/c1cccc(Oc2ccccc2)c1)c1ccc(Cl)cc1Cl. The van der Waals surface area contributed by atoms with Gasteiger partial charge in [0.25, 0.3) is 5.91 Å². The second-order valence-corrected chi connectivity index (χ2v) is 6.15. The predicted octanol–water partition coefficient (Wildman–Crippen LogP) is 5.55. The van der Waals surface area contributed by atoms with Crippen molar-refractivity contribution in [3.63, 3.8) is 0 Å². The highest BCUT2D eigenvalue weighted by molar-refractivity contribution is 6.36. The number of hydrogen-bond donors (Lipinski definition) is 1. The summed E-state index contributed by atoms with van der Waals surface area (Å²) in [6, 6.07) is 21.5. The number of para-hydroxylation sites is 1. The Bertz CT molecular complexity index is 944. The number of nitrogens with one attached hydrogen (secondary N) is 1. The normalized spacial score (nSPS) is 10.7. The van der Waals surface area contributed by atoms with Crippen LogP contribution >= 0.6 is 23.2 Å². The number of ether oxygens (including phenoxy) is 1. The number of nitrogens with zero attached hydrogens (tertiary/aromatic N) is 1. The molecule has 130 valence electrons. The summed E-state index contributed by atoms with van der Waals surface area (Å²) in [6.45, 7) is 0. The van der Waals surface area contributed by atoms with Crippen molar-refractivity contribution in [1.82, 2.24) is 5.43 Å². The highest BCUT2D eigenvalue weighted by atomic mass is 35.5. The van der Waals surface area contributed by atoms with E-state index in [2.05, 4.69) is 10.5 Å². The Kier molecular flexibility index (Phi) is 5.89. The maximum atomic E-state index is 12.1. The molecule has 1 N–H and O–H groups in total. The van der Waals surface area contributed by atoms with Crippen LogP contribution < -0.4 is 10.2 Å². The molecule has 0 atom stereocenters. The van der Waals surface area contributed by atoms with E-state index >= 15 is 0 Å². The predicted molar refractivity (Wildman–Crippen MR) is 104 cm³/mol. The average Bonchev–Trinajstić information content (AvgIpc) is 2.63. The monoisotopic (exact) mass is 384 g/mol. The van der Waals surface area contributed by atoms with Gasteiger partial charge in [0.15, 0.2) is 0 Å². The smallest absolute Gasteiger partial charge is 0.272 e. The largest absolute Gasteiger partial charge is 0.457 e. The molecule has 26 heavy (non-hydrogen) atoms. The fraction of sp³-hybridized carbons (Fsp3) is 0. The van der Waals surface area contributed by atoms with Gasteiger partial charge in [-0.2, -0.15) is 5.10 Å². The molecule has 0 spiro atoms. The van der Waals surface area contributed by atoms with Crippen LogP contribution in [-0.4, -0.2) is 12.1 Å². The molecule has 0 aromatic heterocycles. The Balaban J connectivity index is 1.65. The number of hydrazone groups is 1. The van der Waals surface area contributed by atoms with Crippen LogP contribution in [0.2, 0.25) is 10.0 Å². The van der Waals surface area contributed by atoms with Crippen LogP contribution in [0.5, 0.6) is 11.5 Å². The second-order valence-electron chi connectivity index (χ2n) is 5.31. The molecule has 1 amide bonds. The van der Waals surface area contributed by atoms with E-state index in [1.807, 2.05) is 54.6 Å². The fourth-order valence-electron chi connectivity index (χ4n) is 2.18. The van der Waals surface area contributed by atoms with Crippen LogP contribution in [0.4, 0.5) is 0 Å². The molecule has 3 aromatic carbocycles. The Morgan fingerprint density at radius 2 is 1.69 bits per heavy atom. The summed E-state index contributed by atoms with van der Waals surface area (Å²) in [6.07, 6.45) is 1.53. The van der Waals surface area contributed by atoms with Crippen molar-refractivity contribution in [2.24, 2.45) is 5.10 Å². The van der Waals surface area contributed by atoms with E-state index in [-0.39, 0.29) is 5.02 Å². The number of benzene rings is 3. The van der Waals surface area contributed by atoms with Gasteiger partial charge in [-0.3, -0.25) is 4.79 Å². The molecule has 0 aliphatic rings. The average molecular weight is 385 g/mol. The van der Waals surface area contributed by atoms with Gasteiger partial charge in [0, 0.05) is 5.02 Å². The summed E-state index contributed by atoms with van der Waals surface area (Å²) < 4.78 is 5.76. The zero-order valence-electron chi connectivity index (χ0n) is 13.5. The number of halogens is 2. The molecule has 0 fully saturated rings. The second kappa shape index (κ2) is 8.52. The molecule has 0 saturated carbocycles. The number of carbonyl (C=O) groups is 1. The van der Waals surface area contributed by atoms with Gasteiger partial charge >= 0.3 is 0 Å². The number of carbonyl (C=O) groups excluding carboxylic acids is 1. The van der Waals surface area contributed by atoms with E-state index < -0.39 is 5.91 Å². The zero-order chi connectivity index (χ0) is 18.4. The summed E-state index contributed by atoms with van der Waals surface area (Å²) in [7, 11) is 0. The molecule has 0 bridgehead atoms. The lowest BCUT2D eigenvalue weighted by atomic mass is 10.2. The van der Waals surface area contributed by atoms with Crippen molar-refractivity contribution in [1.29, 1.82) is 0 Å². The first-order valence-electron chi connectivity index (χ1n) is 7.73. The topological polar surface area (TPSA) is 50.7 Å². The Morgan fingerprint density at radius 1 is 0.923 bits per heavy atom. The molecular formula is C20H14Cl2N2O2. The number of amides is 1. The van der Waals surface area contributed by atoms with Gasteiger partial charge in [-0.15, -0.1) is 0 Å². The van der Waals surface area contributed by atoms with E-state index in [0.29, 0.717) is 16.3 Å². The van der Waals surface area contributed by atoms with E-state index in [4.69, 9.17) is 27.9 Å². The summed E-state index contributed by atoms with van der Waals surface area (Å²) in [5.74, 6) is 0.999. The first-order valence-corrected chi connectivity index (χ1v) is 8.49. The molecule has 0 saturated heterocycles. The standard InChI is InChI=1S/C20H14Cl2N2O2/c21-15-9-10-18(19(22)12-15)20(25)24-23-13-14-5-4-8-17(11-14)26-16-6-2-1-3-7-16/h1-13H,(H,24,25)/b23-13+. The summed E-state index contributed by atoms with van der Waals surface area (Å²) in [5, 5.41) is 4.69. The van der Waals surface area contributed by atoms with Crippen molar-refractivity contribution in [3.8, 4) is 11.5 Å². The third kappa shape index (κ3) is 4.85. The van der Waals surface area contributed by atoms with Crippen LogP contribution in [0.25, 0.3) is 0 Å². The molecule has 0 radical (unpaired) electrons. The van der Waals surface area contributed by atoms with Gasteiger partial charge in [-0.1, -0.05) is 53.5 Å². The van der Waals surface area contributed by atoms with E-state index in [1.165, 1.54) is 12.3 Å². The van der Waals surface area contributed by atoms with Gasteiger partial charge in [0.05, 0.1) is 16.8 Å². The van der Waals surface area contributed by atoms with Crippen molar-refractivity contribution < 1.29 is 9.53 Å². The quantitative estimate of drug-likeness (QED) is 0.463. The number of rotatable bonds is 5. The number of hydrogen-bond acceptors (Lipinski definition) is 3. The summed E-state index contributed by atoms with van der Waals surface area (Å²) in [5.41, 5.74) is 3.52. The first kappa shape index (κ1) is 18.0. The molecule has 0 unspecified atom stereocenters. The lowest BCUT2D eigenvalue weighted by Gasteiger charge is -2.06. The zero-order valence-corrected chi connectivity index (χ0v) is 15.0. The van der Waals surface area contributed by atoms with E-state index in [9.17, 15) is 4.79 Å². The minimum Gasteiger partial charge on any atom is -0.457 e. The maximum absolute atomic E-state index is 12.1. The Morgan fingerprint density at radius 3 is 2.46 bits per heavy atom. The van der Waals surface area contributed by atoms with Crippen molar-refractivity contribution >= 4 is 35.3 Å². The summed E-state index contributed by atoms with van der Waals surface area (Å²) in [4.78, 5) is 12.1. The third-order valence-corrected chi connectivity index (χ3v) is 3.94. The lowest BCUT2D eigenvalue weighted by Crippen LogP contribution is -2.18. The van der Waals surface area contributed by atoms with Crippen LogP contribution in [0.15, 0.2) is 77.9 Å². The minimum absolute atomic E-state index is 0.267. The van der Waals surface area contributed by atoms with Crippen molar-refractivity contribution in [3.05, 3.63) is 94.0 Å². The fourth-order valence-corrected chi connectivity index (χ4v) is 2.68. The summed E-state index contributed by atoms with van der Waals surface area (Å²) >= 11 is 11.8. The lowest BCUT2D eigenvalue weighted by molar-refractivity contribution is 0.0955. The van der Waals surface area contributed by atoms with Crippen LogP contribution in [0, 0.1) is 0 Å². The first-order chi connectivity index (χ1) is 12.6.